The molecule has 0 bridgehead atoms. The van der Waals surface area contributed by atoms with E-state index in [1.165, 1.54) is 77.6 Å². The summed E-state index contributed by atoms with van der Waals surface area (Å²) >= 11 is 0. The van der Waals surface area contributed by atoms with Gasteiger partial charge in [-0.2, -0.15) is 0 Å². The third-order valence-corrected chi connectivity index (χ3v) is 9.99. The highest BCUT2D eigenvalue weighted by molar-refractivity contribution is 6.09. The summed E-state index contributed by atoms with van der Waals surface area (Å²) in [5, 5.41) is 2.56. The van der Waals surface area contributed by atoms with Crippen molar-refractivity contribution in [3.05, 3.63) is 223 Å². The summed E-state index contributed by atoms with van der Waals surface area (Å²) in [7, 11) is 0. The third-order valence-electron chi connectivity index (χ3n) is 9.99. The van der Waals surface area contributed by atoms with Crippen LogP contribution in [0.1, 0.15) is 22.6 Å². The normalized spacial score (nSPS) is 11.4. The molecule has 0 unspecified atom stereocenters. The summed E-state index contributed by atoms with van der Waals surface area (Å²) in [5.41, 5.74) is 14.8. The molecular weight excluding hydrogens is 603 g/mol. The highest BCUT2D eigenvalue weighted by Crippen LogP contribution is 2.36. The Hall–Kier alpha value is -6.44. The Bertz CT molecular complexity index is 2390. The fourth-order valence-corrected chi connectivity index (χ4v) is 7.45. The van der Waals surface area contributed by atoms with Crippen LogP contribution in [0.2, 0.25) is 0 Å². The van der Waals surface area contributed by atoms with Crippen molar-refractivity contribution in [1.82, 2.24) is 4.57 Å². The summed E-state index contributed by atoms with van der Waals surface area (Å²) < 4.78 is 2.37. The van der Waals surface area contributed by atoms with Gasteiger partial charge in [0.2, 0.25) is 0 Å². The molecule has 0 saturated carbocycles. The van der Waals surface area contributed by atoms with Gasteiger partial charge in [0.1, 0.15) is 0 Å². The topological polar surface area (TPSA) is 4.93 Å². The zero-order chi connectivity index (χ0) is 33.3. The molecule has 0 amide bonds. The van der Waals surface area contributed by atoms with Gasteiger partial charge in [-0.1, -0.05) is 182 Å². The number of hydrogen-bond acceptors (Lipinski definition) is 0. The van der Waals surface area contributed by atoms with Crippen LogP contribution in [0.25, 0.3) is 60.9 Å². The summed E-state index contributed by atoms with van der Waals surface area (Å²) in [6.07, 6.45) is 0. The first-order valence-electron chi connectivity index (χ1n) is 17.3. The SMILES string of the molecule is c1ccc(-c2ccc(C(c3ccc(-c4ccccc4)cc3)c3ccc(-c4ccc(-n5c6ccccc6c6ccccc65)cc4)cc3)cc2)cc1. The number of benzene rings is 8. The van der Waals surface area contributed by atoms with E-state index in [1.807, 2.05) is 0 Å². The number of nitrogens with zero attached hydrogens (tertiary/aromatic N) is 1. The lowest BCUT2D eigenvalue weighted by atomic mass is 9.83. The van der Waals surface area contributed by atoms with Crippen LogP contribution in [0, 0.1) is 0 Å². The van der Waals surface area contributed by atoms with E-state index >= 15 is 0 Å². The lowest BCUT2D eigenvalue weighted by Crippen LogP contribution is -2.03. The van der Waals surface area contributed by atoms with Crippen LogP contribution < -0.4 is 0 Å². The number of para-hydroxylation sites is 2. The van der Waals surface area contributed by atoms with Crippen LogP contribution >= 0.6 is 0 Å². The molecule has 1 heteroatoms. The van der Waals surface area contributed by atoms with Crippen molar-refractivity contribution in [3.8, 4) is 39.1 Å². The third kappa shape index (κ3) is 5.49. The molecule has 9 rings (SSSR count). The molecule has 0 aliphatic heterocycles. The van der Waals surface area contributed by atoms with E-state index < -0.39 is 0 Å². The Kier molecular flexibility index (Phi) is 7.64. The van der Waals surface area contributed by atoms with Gasteiger partial charge in [-0.3, -0.25) is 0 Å². The summed E-state index contributed by atoms with van der Waals surface area (Å²) in [4.78, 5) is 0. The van der Waals surface area contributed by atoms with Crippen molar-refractivity contribution >= 4 is 21.8 Å². The van der Waals surface area contributed by atoms with Gasteiger partial charge in [-0.15, -0.1) is 0 Å². The predicted molar refractivity (Wildman–Crippen MR) is 211 cm³/mol. The van der Waals surface area contributed by atoms with Gasteiger partial charge in [-0.05, 0) is 74.3 Å². The molecule has 8 aromatic carbocycles. The van der Waals surface area contributed by atoms with E-state index in [0.717, 1.165) is 0 Å². The lowest BCUT2D eigenvalue weighted by molar-refractivity contribution is 0.978. The van der Waals surface area contributed by atoms with E-state index in [9.17, 15) is 0 Å². The first kappa shape index (κ1) is 29.7. The molecule has 0 atom stereocenters. The average molecular weight is 638 g/mol. The monoisotopic (exact) mass is 637 g/mol. The average Bonchev–Trinajstić information content (AvgIpc) is 3.54. The second-order valence-electron chi connectivity index (χ2n) is 12.9. The highest BCUT2D eigenvalue weighted by atomic mass is 15.0. The molecule has 0 fully saturated rings. The van der Waals surface area contributed by atoms with Gasteiger partial charge in [0.15, 0.2) is 0 Å². The number of aromatic nitrogens is 1. The van der Waals surface area contributed by atoms with Gasteiger partial charge >= 0.3 is 0 Å². The van der Waals surface area contributed by atoms with E-state index in [1.54, 1.807) is 0 Å². The molecule has 1 aromatic heterocycles. The predicted octanol–water partition coefficient (Wildman–Crippen LogP) is 13.0. The Morgan fingerprint density at radius 1 is 0.260 bits per heavy atom. The summed E-state index contributed by atoms with van der Waals surface area (Å²) in [6, 6.07) is 74.8. The summed E-state index contributed by atoms with van der Waals surface area (Å²) in [5.74, 6) is 0.108. The molecule has 0 aliphatic rings. The van der Waals surface area contributed by atoms with Gasteiger partial charge in [0.05, 0.1) is 11.0 Å². The second kappa shape index (κ2) is 12.9. The Balaban J connectivity index is 1.05. The zero-order valence-electron chi connectivity index (χ0n) is 27.7. The molecule has 9 aromatic rings. The van der Waals surface area contributed by atoms with E-state index in [0.29, 0.717) is 0 Å². The molecule has 0 N–H and O–H groups in total. The minimum Gasteiger partial charge on any atom is -0.309 e. The van der Waals surface area contributed by atoms with Crippen molar-refractivity contribution in [2.75, 3.05) is 0 Å². The van der Waals surface area contributed by atoms with Crippen LogP contribution in [0.3, 0.4) is 0 Å². The number of rotatable bonds is 7. The standard InChI is InChI=1S/C49H35N/c1-3-11-35(12-4-1)37-19-25-41(26-20-37)49(42-27-21-38(22-28-42)36-13-5-2-6-14-36)43-29-23-39(24-30-43)40-31-33-44(34-32-40)50-47-17-9-7-15-45(47)46-16-8-10-18-48(46)50/h1-34,49H. The van der Waals surface area contributed by atoms with Gasteiger partial charge < -0.3 is 4.57 Å². The van der Waals surface area contributed by atoms with Gasteiger partial charge in [0, 0.05) is 22.4 Å². The molecule has 0 saturated heterocycles. The fourth-order valence-electron chi connectivity index (χ4n) is 7.45. The van der Waals surface area contributed by atoms with Crippen LogP contribution in [0.5, 0.6) is 0 Å². The molecule has 1 nitrogen and oxygen atoms in total. The van der Waals surface area contributed by atoms with Crippen LogP contribution in [0.4, 0.5) is 0 Å². The molecule has 1 heterocycles. The number of fused-ring (bicyclic) bond motifs is 3. The van der Waals surface area contributed by atoms with Crippen molar-refractivity contribution in [2.24, 2.45) is 0 Å². The lowest BCUT2D eigenvalue weighted by Gasteiger charge is -2.20. The zero-order valence-corrected chi connectivity index (χ0v) is 27.7. The first-order chi connectivity index (χ1) is 24.8. The quantitative estimate of drug-likeness (QED) is 0.153. The van der Waals surface area contributed by atoms with Gasteiger partial charge in [0.25, 0.3) is 0 Å². The molecular formula is C49H35N. The van der Waals surface area contributed by atoms with E-state index in [2.05, 4.69) is 211 Å². The Morgan fingerprint density at radius 3 is 0.940 bits per heavy atom. The van der Waals surface area contributed by atoms with Crippen LogP contribution in [-0.4, -0.2) is 4.57 Å². The smallest absolute Gasteiger partial charge is 0.0541 e. The maximum absolute atomic E-state index is 2.37. The fraction of sp³-hybridized carbons (Fsp3) is 0.0204. The Labute approximate surface area is 293 Å². The Morgan fingerprint density at radius 2 is 0.560 bits per heavy atom. The van der Waals surface area contributed by atoms with Crippen LogP contribution in [-0.2, 0) is 0 Å². The maximum atomic E-state index is 2.37. The van der Waals surface area contributed by atoms with E-state index in [4.69, 9.17) is 0 Å². The first-order valence-corrected chi connectivity index (χ1v) is 17.3. The second-order valence-corrected chi connectivity index (χ2v) is 12.9. The molecule has 50 heavy (non-hydrogen) atoms. The molecule has 0 aliphatic carbocycles. The van der Waals surface area contributed by atoms with Crippen molar-refractivity contribution in [1.29, 1.82) is 0 Å². The maximum Gasteiger partial charge on any atom is 0.0541 e. The van der Waals surface area contributed by atoms with Crippen molar-refractivity contribution in [3.63, 3.8) is 0 Å². The molecule has 236 valence electrons. The minimum atomic E-state index is 0.108. The largest absolute Gasteiger partial charge is 0.309 e. The molecule has 0 spiro atoms. The minimum absolute atomic E-state index is 0.108. The number of hydrogen-bond donors (Lipinski definition) is 0. The van der Waals surface area contributed by atoms with E-state index in [-0.39, 0.29) is 5.92 Å². The van der Waals surface area contributed by atoms with Crippen molar-refractivity contribution < 1.29 is 0 Å². The highest BCUT2D eigenvalue weighted by Gasteiger charge is 2.18. The summed E-state index contributed by atoms with van der Waals surface area (Å²) in [6.45, 7) is 0. The van der Waals surface area contributed by atoms with Crippen molar-refractivity contribution in [2.45, 2.75) is 5.92 Å². The van der Waals surface area contributed by atoms with Gasteiger partial charge in [-0.25, -0.2) is 0 Å². The molecule has 0 radical (unpaired) electrons. The van der Waals surface area contributed by atoms with Crippen LogP contribution in [0.15, 0.2) is 206 Å².